The van der Waals surface area contributed by atoms with E-state index in [2.05, 4.69) is 0 Å². The van der Waals surface area contributed by atoms with Crippen molar-refractivity contribution < 1.29 is 56.1 Å². The molecule has 0 radical (unpaired) electrons. The molecule has 0 saturated carbocycles. The maximum Gasteiger partial charge on any atom is 3.00 e. The minimum Gasteiger partial charge on any atom is -0.861 e. The zero-order valence-electron chi connectivity index (χ0n) is 2.43. The molecule has 4 nitrogen and oxygen atoms in total. The minimum atomic E-state index is -5.36. The van der Waals surface area contributed by atoms with Crippen LogP contribution in [0.1, 0.15) is 0 Å². The third kappa shape index (κ3) is 58.5. The van der Waals surface area contributed by atoms with Gasteiger partial charge in [-0.2, -0.15) is 0 Å². The van der Waals surface area contributed by atoms with E-state index in [-0.39, 0.29) is 36.9 Å². The first-order valence-electron chi connectivity index (χ1n) is 0.836. The summed E-state index contributed by atoms with van der Waals surface area (Å²) < 4.78 is 0. The Labute approximate surface area is 64.7 Å². The molecular formula is HLuO4Si. The molecule has 0 spiro atoms. The van der Waals surface area contributed by atoms with Crippen molar-refractivity contribution >= 4 is 9.05 Å². The summed E-state index contributed by atoms with van der Waals surface area (Å²) >= 11 is 0. The van der Waals surface area contributed by atoms with Crippen LogP contribution in [0, 0.1) is 36.9 Å². The largest absolute Gasteiger partial charge is 3.00 e. The van der Waals surface area contributed by atoms with Crippen LogP contribution in [0.5, 0.6) is 0 Å². The predicted molar refractivity (Wildman–Crippen MR) is 7.97 cm³/mol. The topological polar surface area (TPSA) is 89.4 Å². The van der Waals surface area contributed by atoms with Crippen molar-refractivity contribution in [1.29, 1.82) is 0 Å². The molecule has 44 valence electrons. The molecule has 6 heavy (non-hydrogen) atoms. The van der Waals surface area contributed by atoms with Crippen LogP contribution < -0.4 is 14.4 Å². The van der Waals surface area contributed by atoms with Gasteiger partial charge in [-0.15, -0.1) is 9.05 Å². The third-order valence-electron chi connectivity index (χ3n) is 0. The van der Waals surface area contributed by atoms with E-state index in [1.54, 1.807) is 0 Å². The van der Waals surface area contributed by atoms with E-state index >= 15 is 0 Å². The van der Waals surface area contributed by atoms with Crippen LogP contribution in [-0.4, -0.2) is 13.8 Å². The average Bonchev–Trinajstić information content (AvgIpc) is 0.722. The van der Waals surface area contributed by atoms with Gasteiger partial charge in [0.05, 0.1) is 0 Å². The van der Waals surface area contributed by atoms with E-state index in [0.29, 0.717) is 0 Å². The first-order chi connectivity index (χ1) is 2.00. The molecule has 0 aromatic rings. The number of hydrogen-bond acceptors (Lipinski definition) is 4. The molecular weight excluding hydrogens is 267 g/mol. The maximum atomic E-state index is 8.69. The van der Waals surface area contributed by atoms with Crippen LogP contribution in [-0.2, 0) is 0 Å². The van der Waals surface area contributed by atoms with E-state index in [9.17, 15) is 0 Å². The molecule has 0 amide bonds. The second-order valence-electron chi connectivity index (χ2n) is 0.524. The molecule has 0 aliphatic carbocycles. The van der Waals surface area contributed by atoms with Crippen LogP contribution in [0.2, 0.25) is 0 Å². The Morgan fingerprint density at radius 1 is 1.17 bits per heavy atom. The Hall–Kier alpha value is 1.29. The van der Waals surface area contributed by atoms with E-state index in [1.807, 2.05) is 0 Å². The Kier molecular flexibility index (Phi) is 5.69. The summed E-state index contributed by atoms with van der Waals surface area (Å²) in [6.45, 7) is 0. The summed E-state index contributed by atoms with van der Waals surface area (Å²) in [4.78, 5) is 33.1. The van der Waals surface area contributed by atoms with Crippen LogP contribution >= 0.6 is 0 Å². The van der Waals surface area contributed by atoms with Gasteiger partial charge in [0.25, 0.3) is 0 Å². The van der Waals surface area contributed by atoms with Crippen molar-refractivity contribution in [3.63, 3.8) is 0 Å². The molecule has 0 atom stereocenters. The maximum absolute atomic E-state index is 8.69. The summed E-state index contributed by atoms with van der Waals surface area (Å²) in [5.74, 6) is 0. The van der Waals surface area contributed by atoms with Crippen molar-refractivity contribution in [2.75, 3.05) is 0 Å². The van der Waals surface area contributed by atoms with Gasteiger partial charge in [-0.3, -0.25) is 0 Å². The van der Waals surface area contributed by atoms with Gasteiger partial charge in [-0.25, -0.2) is 0 Å². The van der Waals surface area contributed by atoms with Crippen LogP contribution in [0.3, 0.4) is 0 Å². The van der Waals surface area contributed by atoms with Crippen LogP contribution in [0.4, 0.5) is 0 Å². The van der Waals surface area contributed by atoms with E-state index in [1.165, 1.54) is 0 Å². The third-order valence-corrected chi connectivity index (χ3v) is 0. The predicted octanol–water partition coefficient (Wildman–Crippen LogP) is -4.50. The van der Waals surface area contributed by atoms with Gasteiger partial charge in [0.2, 0.25) is 0 Å². The molecule has 0 bridgehead atoms. The average molecular weight is 268 g/mol. The number of hydrogen-bond donors (Lipinski definition) is 1. The van der Waals surface area contributed by atoms with Crippen molar-refractivity contribution in [2.45, 2.75) is 0 Å². The van der Waals surface area contributed by atoms with E-state index in [0.717, 1.165) is 0 Å². The summed E-state index contributed by atoms with van der Waals surface area (Å²) in [5.41, 5.74) is 0. The van der Waals surface area contributed by atoms with Crippen molar-refractivity contribution in [1.82, 2.24) is 0 Å². The van der Waals surface area contributed by atoms with Gasteiger partial charge in [-0.1, -0.05) is 0 Å². The quantitative estimate of drug-likeness (QED) is 0.448. The minimum absolute atomic E-state index is 0. The first kappa shape index (κ1) is 10.3. The standard InChI is InChI=1S/Lu.HO4Si/c;1-5(2,3)4/h;1H/q+3;-3. The molecule has 0 heterocycles. The zero-order chi connectivity index (χ0) is 4.50. The summed E-state index contributed by atoms with van der Waals surface area (Å²) in [6.07, 6.45) is 0. The Morgan fingerprint density at radius 3 is 1.17 bits per heavy atom. The molecule has 0 fully saturated rings. The SMILES string of the molecule is [Lu+3].[O-][Si]([O-])([O-])O. The van der Waals surface area contributed by atoms with Gasteiger partial charge in [0, 0.05) is 0 Å². The smallest absolute Gasteiger partial charge is 0.861 e. The van der Waals surface area contributed by atoms with E-state index < -0.39 is 9.05 Å². The second-order valence-corrected chi connectivity index (χ2v) is 1.57. The van der Waals surface area contributed by atoms with Crippen molar-refractivity contribution in [3.8, 4) is 0 Å². The van der Waals surface area contributed by atoms with Gasteiger partial charge in [0.1, 0.15) is 0 Å². The summed E-state index contributed by atoms with van der Waals surface area (Å²) in [6, 6.07) is 0. The van der Waals surface area contributed by atoms with Gasteiger partial charge in [-0.05, 0) is 0 Å². The van der Waals surface area contributed by atoms with Crippen LogP contribution in [0.25, 0.3) is 0 Å². The van der Waals surface area contributed by atoms with Crippen molar-refractivity contribution in [2.24, 2.45) is 0 Å². The Bertz CT molecular complexity index is 23.0. The van der Waals surface area contributed by atoms with Gasteiger partial charge < -0.3 is 19.2 Å². The first-order valence-corrected chi connectivity index (χ1v) is 2.51. The molecule has 0 rings (SSSR count). The Morgan fingerprint density at radius 2 is 1.17 bits per heavy atom. The summed E-state index contributed by atoms with van der Waals surface area (Å²) in [7, 11) is -5.36. The van der Waals surface area contributed by atoms with Crippen LogP contribution in [0.15, 0.2) is 0 Å². The molecule has 0 unspecified atom stereocenters. The molecule has 6 heteroatoms. The van der Waals surface area contributed by atoms with E-state index in [4.69, 9.17) is 19.2 Å². The second kappa shape index (κ2) is 3.31. The summed E-state index contributed by atoms with van der Waals surface area (Å²) in [5, 5.41) is 0. The zero-order valence-corrected chi connectivity index (χ0v) is 5.09. The normalized spacial score (nSPS) is 10.0. The fraction of sp³-hybridized carbons (Fsp3) is 0. The fourth-order valence-corrected chi connectivity index (χ4v) is 0. The molecule has 0 aromatic carbocycles. The Balaban J connectivity index is 0. The molecule has 0 saturated heterocycles. The van der Waals surface area contributed by atoms with Crippen molar-refractivity contribution in [3.05, 3.63) is 0 Å². The fourth-order valence-electron chi connectivity index (χ4n) is 0. The molecule has 0 aromatic heterocycles. The van der Waals surface area contributed by atoms with Gasteiger partial charge >= 0.3 is 36.9 Å². The van der Waals surface area contributed by atoms with Gasteiger partial charge in [0.15, 0.2) is 0 Å². The monoisotopic (exact) mass is 268 g/mol. The number of rotatable bonds is 0. The molecule has 0 aliphatic rings. The molecule has 1 N–H and O–H groups in total. The molecule has 0 aliphatic heterocycles.